The van der Waals surface area contributed by atoms with E-state index in [-0.39, 0.29) is 11.9 Å². The molecule has 1 atom stereocenters. The molecule has 0 fully saturated rings. The van der Waals surface area contributed by atoms with Crippen molar-refractivity contribution < 1.29 is 14.4 Å². The van der Waals surface area contributed by atoms with Gasteiger partial charge < -0.3 is 16.0 Å². The van der Waals surface area contributed by atoms with Crippen LogP contribution in [-0.4, -0.2) is 22.7 Å². The highest BCUT2D eigenvalue weighted by atomic mass is 16.2. The Morgan fingerprint density at radius 3 is 2.29 bits per heavy atom. The molecule has 3 amide bonds. The van der Waals surface area contributed by atoms with E-state index in [2.05, 4.69) is 20.9 Å². The molecular formula is C24H24N4O3. The van der Waals surface area contributed by atoms with Crippen molar-refractivity contribution in [3.8, 4) is 0 Å². The van der Waals surface area contributed by atoms with Crippen molar-refractivity contribution in [1.82, 2.24) is 10.3 Å². The summed E-state index contributed by atoms with van der Waals surface area (Å²) in [5.41, 5.74) is 3.16. The Kier molecular flexibility index (Phi) is 7.11. The van der Waals surface area contributed by atoms with Crippen LogP contribution in [0.4, 0.5) is 11.4 Å². The van der Waals surface area contributed by atoms with Crippen LogP contribution in [0, 0.1) is 6.92 Å². The number of nitrogens with zero attached hydrogens (tertiary/aromatic N) is 1. The molecule has 0 aliphatic rings. The predicted molar refractivity (Wildman–Crippen MR) is 120 cm³/mol. The quantitative estimate of drug-likeness (QED) is 0.532. The van der Waals surface area contributed by atoms with Gasteiger partial charge in [0.15, 0.2) is 0 Å². The highest BCUT2D eigenvalue weighted by Gasteiger charge is 2.19. The average Bonchev–Trinajstić information content (AvgIpc) is 2.80. The number of carbonyl (C=O) groups is 3. The smallest absolute Gasteiger partial charge is 0.313 e. The van der Waals surface area contributed by atoms with Gasteiger partial charge in [-0.3, -0.25) is 19.4 Å². The number of nitrogens with one attached hydrogen (secondary N) is 3. The van der Waals surface area contributed by atoms with Crippen LogP contribution in [0.1, 0.15) is 40.9 Å². The van der Waals surface area contributed by atoms with E-state index in [9.17, 15) is 14.4 Å². The summed E-state index contributed by atoms with van der Waals surface area (Å²) in [6.07, 6.45) is 3.73. The first kappa shape index (κ1) is 21.7. The minimum Gasteiger partial charge on any atom is -0.341 e. The summed E-state index contributed by atoms with van der Waals surface area (Å²) in [6, 6.07) is 17.5. The molecule has 7 nitrogen and oxygen atoms in total. The van der Waals surface area contributed by atoms with E-state index in [1.165, 1.54) is 12.4 Å². The molecule has 3 aromatic rings. The SMILES string of the molecule is CC[C@H](NC(=O)C(=O)Nc1ccc(C)c(NC(=O)c2ccncc2)c1)c1ccccc1. The molecule has 3 rings (SSSR count). The summed E-state index contributed by atoms with van der Waals surface area (Å²) in [4.78, 5) is 41.1. The number of hydrogen-bond donors (Lipinski definition) is 3. The molecule has 0 aliphatic heterocycles. The molecule has 0 bridgehead atoms. The van der Waals surface area contributed by atoms with Crippen LogP contribution < -0.4 is 16.0 Å². The summed E-state index contributed by atoms with van der Waals surface area (Å²) in [7, 11) is 0. The van der Waals surface area contributed by atoms with Crippen molar-refractivity contribution in [2.24, 2.45) is 0 Å². The highest BCUT2D eigenvalue weighted by Crippen LogP contribution is 2.21. The van der Waals surface area contributed by atoms with Crippen LogP contribution in [0.2, 0.25) is 0 Å². The lowest BCUT2D eigenvalue weighted by molar-refractivity contribution is -0.136. The van der Waals surface area contributed by atoms with E-state index < -0.39 is 11.8 Å². The van der Waals surface area contributed by atoms with Crippen LogP contribution >= 0.6 is 0 Å². The Hall–Kier alpha value is -4.00. The molecule has 0 saturated heterocycles. The first-order valence-electron chi connectivity index (χ1n) is 9.96. The lowest BCUT2D eigenvalue weighted by atomic mass is 10.0. The fraction of sp³-hybridized carbons (Fsp3) is 0.167. The molecule has 31 heavy (non-hydrogen) atoms. The lowest BCUT2D eigenvalue weighted by Crippen LogP contribution is -2.37. The van der Waals surface area contributed by atoms with Gasteiger partial charge in [0.2, 0.25) is 0 Å². The van der Waals surface area contributed by atoms with Crippen molar-refractivity contribution in [2.45, 2.75) is 26.3 Å². The summed E-state index contributed by atoms with van der Waals surface area (Å²) in [6.45, 7) is 3.78. The van der Waals surface area contributed by atoms with Gasteiger partial charge in [-0.25, -0.2) is 0 Å². The van der Waals surface area contributed by atoms with Crippen molar-refractivity contribution in [3.05, 3.63) is 89.7 Å². The number of aromatic nitrogens is 1. The predicted octanol–water partition coefficient (Wildman–Crippen LogP) is 3.85. The van der Waals surface area contributed by atoms with Gasteiger partial charge in [0.05, 0.1) is 6.04 Å². The third kappa shape index (κ3) is 5.76. The van der Waals surface area contributed by atoms with E-state index >= 15 is 0 Å². The number of carbonyl (C=O) groups excluding carboxylic acids is 3. The van der Waals surface area contributed by atoms with E-state index in [1.54, 1.807) is 30.3 Å². The Morgan fingerprint density at radius 2 is 1.61 bits per heavy atom. The summed E-state index contributed by atoms with van der Waals surface area (Å²) < 4.78 is 0. The zero-order valence-electron chi connectivity index (χ0n) is 17.4. The van der Waals surface area contributed by atoms with E-state index in [0.717, 1.165) is 11.1 Å². The zero-order chi connectivity index (χ0) is 22.2. The number of pyridine rings is 1. The van der Waals surface area contributed by atoms with Crippen LogP contribution in [-0.2, 0) is 9.59 Å². The number of rotatable bonds is 6. The number of benzene rings is 2. The van der Waals surface area contributed by atoms with Gasteiger partial charge in [-0.15, -0.1) is 0 Å². The van der Waals surface area contributed by atoms with Gasteiger partial charge in [0, 0.05) is 29.3 Å². The molecule has 0 aliphatic carbocycles. The second-order valence-corrected chi connectivity index (χ2v) is 7.02. The standard InChI is InChI=1S/C24H24N4O3/c1-3-20(17-7-5-4-6-8-17)27-24(31)23(30)26-19-10-9-16(2)21(15-19)28-22(29)18-11-13-25-14-12-18/h4-15,20H,3H2,1-2H3,(H,26,30)(H,27,31)(H,28,29)/t20-/m0/s1. The Morgan fingerprint density at radius 1 is 0.903 bits per heavy atom. The van der Waals surface area contributed by atoms with Crippen LogP contribution in [0.15, 0.2) is 73.1 Å². The maximum atomic E-state index is 12.4. The Bertz CT molecular complexity index is 1070. The molecule has 0 unspecified atom stereocenters. The summed E-state index contributed by atoms with van der Waals surface area (Å²) in [5, 5.41) is 8.16. The number of hydrogen-bond acceptors (Lipinski definition) is 4. The topological polar surface area (TPSA) is 100 Å². The average molecular weight is 416 g/mol. The maximum Gasteiger partial charge on any atom is 0.313 e. The summed E-state index contributed by atoms with van der Waals surface area (Å²) in [5.74, 6) is -1.79. The molecule has 0 radical (unpaired) electrons. The lowest BCUT2D eigenvalue weighted by Gasteiger charge is -2.17. The minimum absolute atomic E-state index is 0.257. The molecule has 0 spiro atoms. The van der Waals surface area contributed by atoms with Crippen LogP contribution in [0.3, 0.4) is 0 Å². The Balaban J connectivity index is 1.66. The van der Waals surface area contributed by atoms with Crippen molar-refractivity contribution in [2.75, 3.05) is 10.6 Å². The zero-order valence-corrected chi connectivity index (χ0v) is 17.4. The molecule has 1 aromatic heterocycles. The van der Waals surface area contributed by atoms with E-state index in [4.69, 9.17) is 0 Å². The molecular weight excluding hydrogens is 392 g/mol. The minimum atomic E-state index is -0.773. The third-order valence-corrected chi connectivity index (χ3v) is 4.81. The van der Waals surface area contributed by atoms with E-state index in [1.807, 2.05) is 44.2 Å². The first-order chi connectivity index (χ1) is 15.0. The van der Waals surface area contributed by atoms with E-state index in [0.29, 0.717) is 23.4 Å². The molecule has 0 saturated carbocycles. The number of aryl methyl sites for hydroxylation is 1. The molecule has 2 aromatic carbocycles. The van der Waals surface area contributed by atoms with Crippen molar-refractivity contribution in [1.29, 1.82) is 0 Å². The van der Waals surface area contributed by atoms with Gasteiger partial charge in [0.1, 0.15) is 0 Å². The largest absolute Gasteiger partial charge is 0.341 e. The van der Waals surface area contributed by atoms with Crippen molar-refractivity contribution in [3.63, 3.8) is 0 Å². The van der Waals surface area contributed by atoms with Crippen LogP contribution in [0.25, 0.3) is 0 Å². The van der Waals surface area contributed by atoms with Gasteiger partial charge in [-0.2, -0.15) is 0 Å². The molecule has 3 N–H and O–H groups in total. The fourth-order valence-electron chi connectivity index (χ4n) is 3.05. The fourth-order valence-corrected chi connectivity index (χ4v) is 3.05. The maximum absolute atomic E-state index is 12.4. The molecule has 7 heteroatoms. The van der Waals surface area contributed by atoms with Crippen LogP contribution in [0.5, 0.6) is 0 Å². The monoisotopic (exact) mass is 416 g/mol. The van der Waals surface area contributed by atoms with Gasteiger partial charge in [-0.05, 0) is 48.7 Å². The summed E-state index contributed by atoms with van der Waals surface area (Å²) >= 11 is 0. The van der Waals surface area contributed by atoms with Crippen molar-refractivity contribution >= 4 is 29.1 Å². The number of anilines is 2. The molecule has 158 valence electrons. The Labute approximate surface area is 180 Å². The molecule has 1 heterocycles. The van der Waals surface area contributed by atoms with Gasteiger partial charge in [-0.1, -0.05) is 43.3 Å². The van der Waals surface area contributed by atoms with Gasteiger partial charge in [0.25, 0.3) is 5.91 Å². The normalized spacial score (nSPS) is 11.3. The second-order valence-electron chi connectivity index (χ2n) is 7.02. The third-order valence-electron chi connectivity index (χ3n) is 4.81. The highest BCUT2D eigenvalue weighted by molar-refractivity contribution is 6.39. The number of amides is 3. The van der Waals surface area contributed by atoms with Gasteiger partial charge >= 0.3 is 11.8 Å². The second kappa shape index (κ2) is 10.2. The first-order valence-corrected chi connectivity index (χ1v) is 9.96.